The first kappa shape index (κ1) is 114. The fourth-order valence-electron chi connectivity index (χ4n) is 17.9. The standard InChI is InChI=1S/C118H190N6O6S3/c1-7-13-19-25-31-37-43-49-55-61-67-73-89-125-109-95-103(96-110(126-90-74-68-62-56-50-44-38-32-26-20-14-8-2)113(109)129-93-77-71-65-59-53-47-41-35-29-23-17-11-5)117-123-121-115(132-117)101-79-83-105(84-80-101)119-99-107-87-88-108(131-107)100-120-106-85-81-102(82-86-106)116-122-124-118(133-116)104-97-111(127-91-75-69-63-57-51-45-39-33-27-21-15-9-3)114(130-94-78-72-66-60-54-48-42-36-30-24-18-12-6)112(98-104)128-92-76-70-64-58-52-46-40-34-28-22-16-10-4/h79-88,95-100H,7-78,89-94H2,1-6H3. The molecule has 0 saturated carbocycles. The van der Waals surface area contributed by atoms with E-state index >= 15 is 0 Å². The van der Waals surface area contributed by atoms with Crippen molar-refractivity contribution in [2.24, 2.45) is 9.98 Å². The van der Waals surface area contributed by atoms with Crippen molar-refractivity contribution in [3.8, 4) is 76.8 Å². The second-order valence-electron chi connectivity index (χ2n) is 38.7. The van der Waals surface area contributed by atoms with Gasteiger partial charge in [-0.3, -0.25) is 9.98 Å². The minimum atomic E-state index is 0.639. The molecule has 3 aromatic heterocycles. The van der Waals surface area contributed by atoms with Crippen molar-refractivity contribution in [3.05, 3.63) is 94.7 Å². The van der Waals surface area contributed by atoms with Gasteiger partial charge in [0.1, 0.15) is 20.0 Å². The van der Waals surface area contributed by atoms with E-state index < -0.39 is 0 Å². The second-order valence-corrected chi connectivity index (χ2v) is 41.8. The Balaban J connectivity index is 0.986. The zero-order chi connectivity index (χ0) is 93.5. The number of benzene rings is 4. The number of thiophene rings is 1. The Hall–Kier alpha value is -6.16. The van der Waals surface area contributed by atoms with Gasteiger partial charge < -0.3 is 28.4 Å². The highest BCUT2D eigenvalue weighted by Crippen LogP contribution is 2.46. The highest BCUT2D eigenvalue weighted by molar-refractivity contribution is 7.18. The maximum Gasteiger partial charge on any atom is 0.203 e. The van der Waals surface area contributed by atoms with Crippen molar-refractivity contribution in [2.75, 3.05) is 39.6 Å². The van der Waals surface area contributed by atoms with Crippen LogP contribution in [0.5, 0.6) is 34.5 Å². The van der Waals surface area contributed by atoms with E-state index in [4.69, 9.17) is 58.8 Å². The molecule has 12 nitrogen and oxygen atoms in total. The lowest BCUT2D eigenvalue weighted by atomic mass is 10.1. The Labute approximate surface area is 825 Å². The van der Waals surface area contributed by atoms with Gasteiger partial charge in [0.05, 0.1) is 51.0 Å². The van der Waals surface area contributed by atoms with E-state index in [1.165, 1.54) is 398 Å². The van der Waals surface area contributed by atoms with E-state index in [9.17, 15) is 0 Å². The summed E-state index contributed by atoms with van der Waals surface area (Å²) in [5.41, 5.74) is 5.61. The number of rotatable bonds is 92. The highest BCUT2D eigenvalue weighted by atomic mass is 32.1. The lowest BCUT2D eigenvalue weighted by molar-refractivity contribution is 0.234. The van der Waals surface area contributed by atoms with Crippen LogP contribution in [-0.4, -0.2) is 72.5 Å². The minimum Gasteiger partial charge on any atom is -0.490 e. The van der Waals surface area contributed by atoms with Crippen LogP contribution in [0.1, 0.15) is 514 Å². The Morgan fingerprint density at radius 2 is 0.368 bits per heavy atom. The van der Waals surface area contributed by atoms with Crippen LogP contribution in [-0.2, 0) is 0 Å². The van der Waals surface area contributed by atoms with Crippen LogP contribution < -0.4 is 28.4 Å². The summed E-state index contributed by atoms with van der Waals surface area (Å²) in [5.74, 6) is 4.48. The smallest absolute Gasteiger partial charge is 0.203 e. The van der Waals surface area contributed by atoms with Gasteiger partial charge in [0.2, 0.25) is 11.5 Å². The molecule has 0 aliphatic carbocycles. The molecule has 0 unspecified atom stereocenters. The maximum atomic E-state index is 6.83. The molecule has 0 radical (unpaired) electrons. The summed E-state index contributed by atoms with van der Waals surface area (Å²) in [4.78, 5) is 12.0. The zero-order valence-electron chi connectivity index (χ0n) is 85.7. The molecule has 0 spiro atoms. The topological polar surface area (TPSA) is 132 Å². The summed E-state index contributed by atoms with van der Waals surface area (Å²) in [6.07, 6.45) is 97.9. The minimum absolute atomic E-state index is 0.639. The SMILES string of the molecule is CCCCCCCCCCCCCCOc1cc(-c2nnc(-c3ccc(N=Cc4ccc(C=Nc5ccc(-c6nnc(-c7cc(OCCCCCCCCCCCCCC)c(OCCCCCCCCCCCCCC)c(OCCCCCCCCCCCCCC)c7)s6)cc5)s4)cc3)s2)cc(OCCCCCCCCCCCCCC)c1OCCCCCCCCCCCCCC. The van der Waals surface area contributed by atoms with Crippen LogP contribution in [0.4, 0.5) is 11.4 Å². The molecule has 0 amide bonds. The fraction of sp³-hybridized carbons (Fsp3) is 0.712. The quantitative estimate of drug-likeness (QED) is 0.0268. The summed E-state index contributed by atoms with van der Waals surface area (Å²) in [6.45, 7) is 17.6. The van der Waals surface area contributed by atoms with Crippen LogP contribution in [0.3, 0.4) is 0 Å². The molecular weight excluding hydrogens is 1690 g/mol. The first-order valence-corrected chi connectivity index (χ1v) is 58.6. The highest BCUT2D eigenvalue weighted by Gasteiger charge is 2.23. The van der Waals surface area contributed by atoms with Gasteiger partial charge in [0.25, 0.3) is 0 Å². The van der Waals surface area contributed by atoms with Crippen molar-refractivity contribution in [2.45, 2.75) is 504 Å². The Morgan fingerprint density at radius 3 is 0.564 bits per heavy atom. The number of unbranched alkanes of at least 4 members (excludes halogenated alkanes) is 66. The van der Waals surface area contributed by atoms with Gasteiger partial charge in [0, 0.05) is 44.4 Å². The molecule has 0 N–H and O–H groups in total. The maximum absolute atomic E-state index is 6.83. The molecule has 746 valence electrons. The van der Waals surface area contributed by atoms with E-state index in [1.54, 1.807) is 34.0 Å². The van der Waals surface area contributed by atoms with Gasteiger partial charge in [-0.1, -0.05) is 488 Å². The van der Waals surface area contributed by atoms with Crippen LogP contribution in [0.25, 0.3) is 42.3 Å². The van der Waals surface area contributed by atoms with Crippen LogP contribution in [0.2, 0.25) is 0 Å². The summed E-state index contributed by atoms with van der Waals surface area (Å²) in [5, 5.41) is 22.7. The molecule has 7 aromatic rings. The average molecular weight is 1890 g/mol. The van der Waals surface area contributed by atoms with Crippen molar-refractivity contribution >= 4 is 57.8 Å². The van der Waals surface area contributed by atoms with Crippen molar-refractivity contribution in [3.63, 3.8) is 0 Å². The van der Waals surface area contributed by atoms with Crippen LogP contribution in [0.15, 0.2) is 94.9 Å². The number of hydrogen-bond donors (Lipinski definition) is 0. The number of hydrogen-bond acceptors (Lipinski definition) is 15. The molecule has 0 saturated heterocycles. The van der Waals surface area contributed by atoms with Gasteiger partial charge in [-0.05, 0) is 123 Å². The largest absolute Gasteiger partial charge is 0.490 e. The summed E-state index contributed by atoms with van der Waals surface area (Å²) in [6, 6.07) is 29.4. The fourth-order valence-corrected chi connectivity index (χ4v) is 20.4. The summed E-state index contributed by atoms with van der Waals surface area (Å²) in [7, 11) is 0. The van der Waals surface area contributed by atoms with Crippen molar-refractivity contribution in [1.29, 1.82) is 0 Å². The lowest BCUT2D eigenvalue weighted by Gasteiger charge is -2.18. The predicted octanol–water partition coefficient (Wildman–Crippen LogP) is 40.1. The number of aromatic nitrogens is 4. The van der Waals surface area contributed by atoms with Gasteiger partial charge in [-0.15, -0.1) is 31.7 Å². The van der Waals surface area contributed by atoms with Crippen molar-refractivity contribution < 1.29 is 28.4 Å². The molecule has 0 aliphatic heterocycles. The number of ether oxygens (including phenoxy) is 6. The monoisotopic (exact) mass is 1880 g/mol. The summed E-state index contributed by atoms with van der Waals surface area (Å²) >= 11 is 4.85. The molecule has 0 bridgehead atoms. The Bertz CT molecular complexity index is 3570. The number of aliphatic imine (C=N–C) groups is 2. The molecule has 4 aromatic carbocycles. The van der Waals surface area contributed by atoms with Gasteiger partial charge >= 0.3 is 0 Å². The summed E-state index contributed by atoms with van der Waals surface area (Å²) < 4.78 is 41.0. The van der Waals surface area contributed by atoms with Crippen LogP contribution >= 0.6 is 34.0 Å². The molecule has 0 atom stereocenters. The molecule has 15 heteroatoms. The third kappa shape index (κ3) is 54.1. The van der Waals surface area contributed by atoms with E-state index in [0.717, 1.165) is 162 Å². The third-order valence-corrected chi connectivity index (χ3v) is 29.5. The molecule has 0 aliphatic rings. The van der Waals surface area contributed by atoms with E-state index in [0.29, 0.717) is 39.6 Å². The molecule has 3 heterocycles. The van der Waals surface area contributed by atoms with Crippen LogP contribution in [0, 0.1) is 0 Å². The Morgan fingerprint density at radius 1 is 0.195 bits per heavy atom. The van der Waals surface area contributed by atoms with E-state index in [-0.39, 0.29) is 0 Å². The first-order chi connectivity index (χ1) is 65.9. The Kier molecular flexibility index (Phi) is 68.2. The molecular formula is C118H190N6O6S3. The van der Waals surface area contributed by atoms with Gasteiger partial charge in [-0.2, -0.15) is 0 Å². The van der Waals surface area contributed by atoms with E-state index in [2.05, 4.69) is 126 Å². The normalized spacial score (nSPS) is 11.7. The molecule has 0 fully saturated rings. The first-order valence-electron chi connectivity index (χ1n) is 56.1. The molecule has 133 heavy (non-hydrogen) atoms. The lowest BCUT2D eigenvalue weighted by Crippen LogP contribution is -2.06. The van der Waals surface area contributed by atoms with Gasteiger partial charge in [0.15, 0.2) is 23.0 Å². The predicted molar refractivity (Wildman–Crippen MR) is 580 cm³/mol. The number of nitrogens with zero attached hydrogens (tertiary/aromatic N) is 6. The van der Waals surface area contributed by atoms with E-state index in [1.807, 2.05) is 12.4 Å². The van der Waals surface area contributed by atoms with Gasteiger partial charge in [-0.25, -0.2) is 0 Å². The van der Waals surface area contributed by atoms with Crippen molar-refractivity contribution in [1.82, 2.24) is 20.4 Å². The average Bonchev–Trinajstić information content (AvgIpc) is 1.77. The molecule has 7 rings (SSSR count). The second kappa shape index (κ2) is 79.7. The third-order valence-electron chi connectivity index (χ3n) is 26.5. The zero-order valence-corrected chi connectivity index (χ0v) is 88.2.